The predicted molar refractivity (Wildman–Crippen MR) is 101 cm³/mol. The molecule has 1 saturated carbocycles. The summed E-state index contributed by atoms with van der Waals surface area (Å²) in [5.74, 6) is 0.753. The van der Waals surface area contributed by atoms with Gasteiger partial charge in [-0.3, -0.25) is 4.31 Å². The fraction of sp³-hybridized carbons (Fsp3) is 0.474. The van der Waals surface area contributed by atoms with Gasteiger partial charge in [0.15, 0.2) is 0 Å². The van der Waals surface area contributed by atoms with E-state index in [1.807, 2.05) is 24.3 Å². The summed E-state index contributed by atoms with van der Waals surface area (Å²) in [6, 6.07) is 7.31. The normalized spacial score (nSPS) is 19.1. The summed E-state index contributed by atoms with van der Waals surface area (Å²) in [7, 11) is -3.89. The smallest absolute Gasteiger partial charge is 0.490 e. The van der Waals surface area contributed by atoms with Crippen LogP contribution in [0.2, 0.25) is 0 Å². The monoisotopic (exact) mass is 416 g/mol. The van der Waals surface area contributed by atoms with Gasteiger partial charge in [-0.1, -0.05) is 24.6 Å². The summed E-state index contributed by atoms with van der Waals surface area (Å²) in [5, 5.41) is 2.77. The maximum Gasteiger partial charge on any atom is 0.516 e. The van der Waals surface area contributed by atoms with E-state index in [1.165, 1.54) is 32.4 Å². The van der Waals surface area contributed by atoms with Crippen molar-refractivity contribution in [2.75, 3.05) is 13.6 Å². The lowest BCUT2D eigenvalue weighted by atomic mass is 9.97. The summed E-state index contributed by atoms with van der Waals surface area (Å²) in [6.07, 6.45) is 8.34. The van der Waals surface area contributed by atoms with Gasteiger partial charge in [0.1, 0.15) is 5.75 Å². The van der Waals surface area contributed by atoms with Gasteiger partial charge in [-0.25, -0.2) is 0 Å². The first-order valence-corrected chi connectivity index (χ1v) is 10.6. The summed E-state index contributed by atoms with van der Waals surface area (Å²) in [5.41, 5.74) is -3.65. The van der Waals surface area contributed by atoms with Gasteiger partial charge in [-0.2, -0.15) is 21.6 Å². The Morgan fingerprint density at radius 1 is 1.11 bits per heavy atom. The molecular formula is C19H23F3N2O3S. The maximum atomic E-state index is 12.8. The number of benzene rings is 1. The summed E-state index contributed by atoms with van der Waals surface area (Å²) in [4.78, 5) is 0. The van der Waals surface area contributed by atoms with Gasteiger partial charge in [-0.05, 0) is 43.4 Å². The van der Waals surface area contributed by atoms with Crippen molar-refractivity contribution < 1.29 is 26.3 Å². The highest BCUT2D eigenvalue weighted by molar-refractivity contribution is 7.90. The molecule has 1 aromatic rings. The molecule has 154 valence electrons. The van der Waals surface area contributed by atoms with Crippen LogP contribution in [0.15, 0.2) is 42.2 Å². The van der Waals surface area contributed by atoms with E-state index in [2.05, 4.69) is 5.32 Å². The van der Waals surface area contributed by atoms with Gasteiger partial charge in [0, 0.05) is 18.8 Å². The van der Waals surface area contributed by atoms with Crippen LogP contribution in [0.5, 0.6) is 5.75 Å². The maximum absolute atomic E-state index is 12.8. The molecule has 1 aliphatic heterocycles. The van der Waals surface area contributed by atoms with Crippen LogP contribution in [0.1, 0.15) is 37.7 Å². The van der Waals surface area contributed by atoms with Gasteiger partial charge in [0.25, 0.3) is 0 Å². The van der Waals surface area contributed by atoms with Crippen LogP contribution in [0.4, 0.5) is 13.2 Å². The van der Waals surface area contributed by atoms with Gasteiger partial charge in [0.05, 0.1) is 18.3 Å². The Labute approximate surface area is 162 Å². The second-order valence-corrected chi connectivity index (χ2v) is 8.72. The number of hydrogen-bond acceptors (Lipinski definition) is 4. The van der Waals surface area contributed by atoms with Crippen molar-refractivity contribution in [3.63, 3.8) is 0 Å². The number of rotatable bonds is 5. The van der Waals surface area contributed by atoms with Gasteiger partial charge >= 0.3 is 15.5 Å². The summed E-state index contributed by atoms with van der Waals surface area (Å²) < 4.78 is 67.9. The first kappa shape index (κ1) is 20.6. The Balaban J connectivity index is 1.75. The van der Waals surface area contributed by atoms with E-state index in [4.69, 9.17) is 4.74 Å². The number of likely N-dealkylation sites (N-methyl/N-ethyl adjacent to an activating group) is 1. The number of hydrogen-bond donors (Lipinski definition) is 1. The molecular weight excluding hydrogens is 393 g/mol. The Kier molecular flexibility index (Phi) is 5.92. The quantitative estimate of drug-likeness (QED) is 0.788. The minimum absolute atomic E-state index is 0.224. The number of ether oxygens (including phenoxy) is 1. The molecule has 0 atom stereocenters. The zero-order chi connectivity index (χ0) is 20.4. The standard InChI is InChI=1S/C19H23F3N2O3S/c1-23-18-13-24(28(25,26)19(20,21)22)12-11-17(18)14-7-9-16(10-8-14)27-15-5-3-2-4-6-15/h7-11,13,15,23H,2-6,12H2,1H3. The summed E-state index contributed by atoms with van der Waals surface area (Å²) in [6.45, 7) is -0.386. The van der Waals surface area contributed by atoms with Crippen LogP contribution in [-0.4, -0.2) is 37.9 Å². The SMILES string of the molecule is CNC1=CN(S(=O)(=O)C(F)(F)F)CC=C1c1ccc(OC2CCCCC2)cc1. The number of nitrogens with one attached hydrogen (secondary N) is 1. The van der Waals surface area contributed by atoms with Crippen molar-refractivity contribution in [2.24, 2.45) is 0 Å². The number of alkyl halides is 3. The second kappa shape index (κ2) is 8.06. The lowest BCUT2D eigenvalue weighted by Crippen LogP contribution is -2.39. The Morgan fingerprint density at radius 2 is 1.75 bits per heavy atom. The zero-order valence-electron chi connectivity index (χ0n) is 15.5. The lowest BCUT2D eigenvalue weighted by molar-refractivity contribution is -0.0475. The van der Waals surface area contributed by atoms with E-state index >= 15 is 0 Å². The van der Waals surface area contributed by atoms with Crippen LogP contribution in [-0.2, 0) is 10.0 Å². The average molecular weight is 416 g/mol. The van der Waals surface area contributed by atoms with Crippen molar-refractivity contribution in [3.05, 3.63) is 47.8 Å². The average Bonchev–Trinajstić information content (AvgIpc) is 2.68. The van der Waals surface area contributed by atoms with Crippen LogP contribution in [0.25, 0.3) is 5.57 Å². The minimum atomic E-state index is -5.42. The highest BCUT2D eigenvalue weighted by Gasteiger charge is 2.49. The van der Waals surface area contributed by atoms with E-state index in [-0.39, 0.29) is 12.6 Å². The fourth-order valence-corrected chi connectivity index (χ4v) is 4.20. The van der Waals surface area contributed by atoms with Crippen molar-refractivity contribution in [2.45, 2.75) is 43.7 Å². The van der Waals surface area contributed by atoms with E-state index in [0.29, 0.717) is 15.6 Å². The van der Waals surface area contributed by atoms with Gasteiger partial charge in [0.2, 0.25) is 0 Å². The summed E-state index contributed by atoms with van der Waals surface area (Å²) >= 11 is 0. The van der Waals surface area contributed by atoms with Crippen molar-refractivity contribution in [3.8, 4) is 5.75 Å². The first-order valence-electron chi connectivity index (χ1n) is 9.17. The van der Waals surface area contributed by atoms with E-state index in [0.717, 1.165) is 30.4 Å². The minimum Gasteiger partial charge on any atom is -0.490 e. The number of nitrogens with zero attached hydrogens (tertiary/aromatic N) is 1. The molecule has 0 aromatic heterocycles. The molecule has 3 rings (SSSR count). The molecule has 28 heavy (non-hydrogen) atoms. The number of allylic oxidation sites excluding steroid dienone is 1. The third-order valence-corrected chi connectivity index (χ3v) is 6.39. The molecule has 0 unspecified atom stereocenters. The first-order chi connectivity index (χ1) is 13.2. The molecule has 1 fully saturated rings. The lowest BCUT2D eigenvalue weighted by Gasteiger charge is -2.27. The third-order valence-electron chi connectivity index (χ3n) is 4.93. The predicted octanol–water partition coefficient (Wildman–Crippen LogP) is 4.01. The molecule has 1 heterocycles. The molecule has 9 heteroatoms. The topological polar surface area (TPSA) is 58.6 Å². The number of halogens is 3. The Bertz CT molecular complexity index is 855. The molecule has 0 amide bonds. The Hall–Kier alpha value is -2.16. The van der Waals surface area contributed by atoms with E-state index < -0.39 is 15.5 Å². The Morgan fingerprint density at radius 3 is 2.32 bits per heavy atom. The molecule has 1 N–H and O–H groups in total. The van der Waals surface area contributed by atoms with Crippen LogP contribution in [0.3, 0.4) is 0 Å². The molecule has 0 spiro atoms. The molecule has 0 radical (unpaired) electrons. The fourth-order valence-electron chi connectivity index (χ4n) is 3.42. The van der Waals surface area contributed by atoms with Gasteiger partial charge < -0.3 is 10.1 Å². The van der Waals surface area contributed by atoms with Crippen molar-refractivity contribution in [1.29, 1.82) is 0 Å². The molecule has 0 saturated heterocycles. The van der Waals surface area contributed by atoms with Crippen LogP contribution < -0.4 is 10.1 Å². The highest BCUT2D eigenvalue weighted by Crippen LogP contribution is 2.33. The number of sulfonamides is 1. The van der Waals surface area contributed by atoms with Crippen LogP contribution >= 0.6 is 0 Å². The van der Waals surface area contributed by atoms with E-state index in [9.17, 15) is 21.6 Å². The second-order valence-electron chi connectivity index (χ2n) is 6.83. The van der Waals surface area contributed by atoms with Crippen molar-refractivity contribution in [1.82, 2.24) is 9.62 Å². The molecule has 1 aromatic carbocycles. The largest absolute Gasteiger partial charge is 0.516 e. The molecule has 1 aliphatic carbocycles. The molecule has 5 nitrogen and oxygen atoms in total. The van der Waals surface area contributed by atoms with Crippen LogP contribution in [0, 0.1) is 0 Å². The van der Waals surface area contributed by atoms with Gasteiger partial charge in [-0.15, -0.1) is 0 Å². The highest BCUT2D eigenvalue weighted by atomic mass is 32.2. The third kappa shape index (κ3) is 4.29. The van der Waals surface area contributed by atoms with Crippen molar-refractivity contribution >= 4 is 15.6 Å². The zero-order valence-corrected chi connectivity index (χ0v) is 16.3. The molecule has 2 aliphatic rings. The van der Waals surface area contributed by atoms with E-state index in [1.54, 1.807) is 0 Å². The molecule has 0 bridgehead atoms.